The van der Waals surface area contributed by atoms with Crippen molar-refractivity contribution in [3.05, 3.63) is 17.0 Å². The number of aromatic nitrogens is 1. The van der Waals surface area contributed by atoms with Crippen molar-refractivity contribution in [2.24, 2.45) is 5.92 Å². The third-order valence-corrected chi connectivity index (χ3v) is 3.18. The van der Waals surface area contributed by atoms with Crippen LogP contribution in [-0.2, 0) is 11.2 Å². The highest BCUT2D eigenvalue weighted by atomic mass is 16.5. The number of carbonyl (C=O) groups is 1. The molecule has 5 nitrogen and oxygen atoms in total. The van der Waals surface area contributed by atoms with Crippen molar-refractivity contribution in [3.8, 4) is 0 Å². The maximum Gasteiger partial charge on any atom is 0.225 e. The van der Waals surface area contributed by atoms with Crippen LogP contribution in [0.1, 0.15) is 30.9 Å². The number of rotatable bonds is 6. The minimum Gasteiger partial charge on any atom is -0.395 e. The minimum absolute atomic E-state index is 0.00236. The van der Waals surface area contributed by atoms with Crippen LogP contribution in [0.25, 0.3) is 0 Å². The average Bonchev–Trinajstić information content (AvgIpc) is 2.66. The molecule has 1 aromatic rings. The lowest BCUT2D eigenvalue weighted by Crippen LogP contribution is -2.37. The number of carbonyl (C=O) groups excluding carboxylic acids is 1. The van der Waals surface area contributed by atoms with Crippen molar-refractivity contribution in [1.29, 1.82) is 0 Å². The van der Waals surface area contributed by atoms with Gasteiger partial charge in [-0.25, -0.2) is 0 Å². The predicted molar refractivity (Wildman–Crippen MR) is 68.2 cm³/mol. The minimum atomic E-state index is -0.131. The molecule has 1 amide bonds. The zero-order chi connectivity index (χ0) is 13.7. The van der Waals surface area contributed by atoms with E-state index in [4.69, 9.17) is 9.63 Å². The monoisotopic (exact) mass is 254 g/mol. The molecular weight excluding hydrogens is 232 g/mol. The molecule has 0 fully saturated rings. The molecule has 1 aromatic heterocycles. The fraction of sp³-hybridized carbons (Fsp3) is 0.692. The summed E-state index contributed by atoms with van der Waals surface area (Å²) in [5.74, 6) is 0.706. The number of aliphatic hydroxyl groups is 1. The Labute approximate surface area is 108 Å². The van der Waals surface area contributed by atoms with Gasteiger partial charge in [0.1, 0.15) is 5.76 Å². The Bertz CT molecular complexity index is 381. The van der Waals surface area contributed by atoms with Crippen LogP contribution in [0.15, 0.2) is 4.52 Å². The Morgan fingerprint density at radius 3 is 2.61 bits per heavy atom. The average molecular weight is 254 g/mol. The second kappa shape index (κ2) is 6.54. The van der Waals surface area contributed by atoms with E-state index >= 15 is 0 Å². The van der Waals surface area contributed by atoms with Crippen molar-refractivity contribution in [2.45, 2.75) is 34.1 Å². The van der Waals surface area contributed by atoms with Crippen LogP contribution in [0, 0.1) is 19.8 Å². The van der Waals surface area contributed by atoms with E-state index < -0.39 is 0 Å². The lowest BCUT2D eigenvalue weighted by atomic mass is 9.98. The molecule has 1 unspecified atom stereocenters. The number of aryl methyl sites for hydroxylation is 2. The third kappa shape index (κ3) is 3.32. The highest BCUT2D eigenvalue weighted by Crippen LogP contribution is 2.18. The Morgan fingerprint density at radius 1 is 1.50 bits per heavy atom. The summed E-state index contributed by atoms with van der Waals surface area (Å²) < 4.78 is 5.10. The Morgan fingerprint density at radius 2 is 2.17 bits per heavy atom. The number of hydrogen-bond donors (Lipinski definition) is 1. The summed E-state index contributed by atoms with van der Waals surface area (Å²) in [4.78, 5) is 13.8. The maximum atomic E-state index is 12.2. The van der Waals surface area contributed by atoms with Gasteiger partial charge in [0.15, 0.2) is 0 Å². The standard InChI is InChI=1S/C13H22N2O3/c1-5-15(6-7-16)13(17)9(2)8-12-10(3)14-18-11(12)4/h9,16H,5-8H2,1-4H3. The van der Waals surface area contributed by atoms with Gasteiger partial charge in [-0.15, -0.1) is 0 Å². The van der Waals surface area contributed by atoms with Gasteiger partial charge in [0.05, 0.1) is 12.3 Å². The van der Waals surface area contributed by atoms with E-state index in [0.29, 0.717) is 19.5 Å². The first-order valence-electron chi connectivity index (χ1n) is 6.32. The zero-order valence-corrected chi connectivity index (χ0v) is 11.6. The maximum absolute atomic E-state index is 12.2. The van der Waals surface area contributed by atoms with Crippen molar-refractivity contribution >= 4 is 5.91 Å². The van der Waals surface area contributed by atoms with Crippen LogP contribution < -0.4 is 0 Å². The van der Waals surface area contributed by atoms with Crippen molar-refractivity contribution < 1.29 is 14.4 Å². The Balaban J connectivity index is 2.70. The number of likely N-dealkylation sites (N-methyl/N-ethyl adjacent to an activating group) is 1. The van der Waals surface area contributed by atoms with Crippen LogP contribution >= 0.6 is 0 Å². The summed E-state index contributed by atoms with van der Waals surface area (Å²) in [6, 6.07) is 0. The van der Waals surface area contributed by atoms with Gasteiger partial charge in [-0.1, -0.05) is 12.1 Å². The van der Waals surface area contributed by atoms with Crippen molar-refractivity contribution in [1.82, 2.24) is 10.1 Å². The molecule has 0 radical (unpaired) electrons. The first kappa shape index (κ1) is 14.7. The lowest BCUT2D eigenvalue weighted by Gasteiger charge is -2.23. The van der Waals surface area contributed by atoms with Gasteiger partial charge in [0, 0.05) is 24.6 Å². The molecule has 1 heterocycles. The molecule has 0 saturated heterocycles. The molecule has 0 aliphatic carbocycles. The molecule has 0 aromatic carbocycles. The summed E-state index contributed by atoms with van der Waals surface area (Å²) in [5, 5.41) is 12.8. The van der Waals surface area contributed by atoms with Crippen LogP contribution in [-0.4, -0.2) is 40.8 Å². The van der Waals surface area contributed by atoms with E-state index in [9.17, 15) is 4.79 Å². The molecule has 1 rings (SSSR count). The van der Waals surface area contributed by atoms with E-state index in [1.807, 2.05) is 27.7 Å². The molecule has 5 heteroatoms. The van der Waals surface area contributed by atoms with Gasteiger partial charge >= 0.3 is 0 Å². The number of amides is 1. The summed E-state index contributed by atoms with van der Waals surface area (Å²) in [7, 11) is 0. The largest absolute Gasteiger partial charge is 0.395 e. The molecule has 1 N–H and O–H groups in total. The second-order valence-electron chi connectivity index (χ2n) is 4.55. The molecule has 0 aliphatic rings. The molecule has 1 atom stereocenters. The topological polar surface area (TPSA) is 66.6 Å². The molecule has 102 valence electrons. The molecule has 0 saturated carbocycles. The van der Waals surface area contributed by atoms with Crippen LogP contribution in [0.2, 0.25) is 0 Å². The summed E-state index contributed by atoms with van der Waals surface area (Å²) in [6.07, 6.45) is 0.627. The van der Waals surface area contributed by atoms with E-state index in [1.165, 1.54) is 0 Å². The molecule has 0 bridgehead atoms. The smallest absolute Gasteiger partial charge is 0.225 e. The highest BCUT2D eigenvalue weighted by molar-refractivity contribution is 5.78. The van der Waals surface area contributed by atoms with E-state index in [0.717, 1.165) is 17.0 Å². The summed E-state index contributed by atoms with van der Waals surface area (Å²) in [6.45, 7) is 8.56. The van der Waals surface area contributed by atoms with Gasteiger partial charge in [-0.3, -0.25) is 4.79 Å². The Hall–Kier alpha value is -1.36. The fourth-order valence-corrected chi connectivity index (χ4v) is 2.04. The van der Waals surface area contributed by atoms with E-state index in [1.54, 1.807) is 4.90 Å². The van der Waals surface area contributed by atoms with Gasteiger partial charge in [-0.2, -0.15) is 0 Å². The third-order valence-electron chi connectivity index (χ3n) is 3.18. The van der Waals surface area contributed by atoms with Crippen LogP contribution in [0.5, 0.6) is 0 Å². The van der Waals surface area contributed by atoms with Crippen LogP contribution in [0.4, 0.5) is 0 Å². The molecule has 18 heavy (non-hydrogen) atoms. The van der Waals surface area contributed by atoms with Crippen LogP contribution in [0.3, 0.4) is 0 Å². The second-order valence-corrected chi connectivity index (χ2v) is 4.55. The number of nitrogens with zero attached hydrogens (tertiary/aromatic N) is 2. The predicted octanol–water partition coefficient (Wildman–Crippen LogP) is 1.31. The Kier molecular flexibility index (Phi) is 5.34. The number of hydrogen-bond acceptors (Lipinski definition) is 4. The quantitative estimate of drug-likeness (QED) is 0.831. The van der Waals surface area contributed by atoms with Gasteiger partial charge in [-0.05, 0) is 27.2 Å². The zero-order valence-electron chi connectivity index (χ0n) is 11.6. The van der Waals surface area contributed by atoms with Gasteiger partial charge in [0.25, 0.3) is 0 Å². The van der Waals surface area contributed by atoms with Gasteiger partial charge < -0.3 is 14.5 Å². The van der Waals surface area contributed by atoms with Crippen molar-refractivity contribution in [2.75, 3.05) is 19.7 Å². The first-order chi connectivity index (χ1) is 8.51. The van der Waals surface area contributed by atoms with Crippen molar-refractivity contribution in [3.63, 3.8) is 0 Å². The summed E-state index contributed by atoms with van der Waals surface area (Å²) >= 11 is 0. The lowest BCUT2D eigenvalue weighted by molar-refractivity contribution is -0.135. The summed E-state index contributed by atoms with van der Waals surface area (Å²) in [5.41, 5.74) is 1.85. The number of aliphatic hydroxyl groups excluding tert-OH is 1. The normalized spacial score (nSPS) is 12.5. The first-order valence-corrected chi connectivity index (χ1v) is 6.32. The molecule has 0 spiro atoms. The molecule has 0 aliphatic heterocycles. The molecular formula is C13H22N2O3. The van der Waals surface area contributed by atoms with E-state index in [2.05, 4.69) is 5.16 Å². The highest BCUT2D eigenvalue weighted by Gasteiger charge is 2.22. The van der Waals surface area contributed by atoms with E-state index in [-0.39, 0.29) is 18.4 Å². The van der Waals surface area contributed by atoms with Gasteiger partial charge in [0.2, 0.25) is 5.91 Å². The SMILES string of the molecule is CCN(CCO)C(=O)C(C)Cc1c(C)noc1C. The fourth-order valence-electron chi connectivity index (χ4n) is 2.04.